The molecule has 0 unspecified atom stereocenters. The maximum absolute atomic E-state index is 13.0. The van der Waals surface area contributed by atoms with Crippen LogP contribution in [0.5, 0.6) is 0 Å². The third kappa shape index (κ3) is 4.15. The lowest BCUT2D eigenvalue weighted by Crippen LogP contribution is -2.26. The van der Waals surface area contributed by atoms with Gasteiger partial charge in [0.15, 0.2) is 0 Å². The van der Waals surface area contributed by atoms with E-state index in [2.05, 4.69) is 16.7 Å². The Bertz CT molecular complexity index is 1320. The number of rotatable bonds is 3. The molecule has 0 fully saturated rings. The van der Waals surface area contributed by atoms with Gasteiger partial charge in [-0.25, -0.2) is 0 Å². The van der Waals surface area contributed by atoms with Gasteiger partial charge in [-0.05, 0) is 79.3 Å². The minimum atomic E-state index is -0.391. The molecule has 34 heavy (non-hydrogen) atoms. The van der Waals surface area contributed by atoms with Gasteiger partial charge >= 0.3 is 0 Å². The van der Waals surface area contributed by atoms with E-state index in [1.54, 1.807) is 47.4 Å². The number of carbonyl (C=O) groups excluding carboxylic acids is 3. The highest BCUT2D eigenvalue weighted by Crippen LogP contribution is 2.41. The maximum atomic E-state index is 13.0. The minimum absolute atomic E-state index is 0.186. The lowest BCUT2D eigenvalue weighted by molar-refractivity contribution is -0.124. The van der Waals surface area contributed by atoms with Gasteiger partial charge in [0.2, 0.25) is 11.8 Å². The molecule has 5 rings (SSSR count). The number of benzene rings is 3. The summed E-state index contributed by atoms with van der Waals surface area (Å²) in [7, 11) is 0. The van der Waals surface area contributed by atoms with Crippen molar-refractivity contribution in [2.45, 2.75) is 32.1 Å². The summed E-state index contributed by atoms with van der Waals surface area (Å²) in [4.78, 5) is 39.7. The zero-order valence-corrected chi connectivity index (χ0v) is 19.7. The SMILES string of the molecule is O=C1CC(=O)N(c2ccc(NC(=O)c3cccc(Cl)c3Cl)cc2)c2ccc3c(c2N1)CCCC3. The van der Waals surface area contributed by atoms with Gasteiger partial charge < -0.3 is 10.6 Å². The first kappa shape index (κ1) is 22.4. The second-order valence-electron chi connectivity index (χ2n) is 8.36. The Morgan fingerprint density at radius 2 is 1.71 bits per heavy atom. The van der Waals surface area contributed by atoms with Gasteiger partial charge in [-0.1, -0.05) is 35.3 Å². The summed E-state index contributed by atoms with van der Waals surface area (Å²) in [5, 5.41) is 6.24. The van der Waals surface area contributed by atoms with Crippen LogP contribution in [0.25, 0.3) is 0 Å². The molecular weight excluding hydrogens is 473 g/mol. The first-order valence-corrected chi connectivity index (χ1v) is 11.8. The molecule has 3 aromatic rings. The highest BCUT2D eigenvalue weighted by Gasteiger charge is 2.30. The number of hydrogen-bond donors (Lipinski definition) is 2. The van der Waals surface area contributed by atoms with Gasteiger partial charge in [0, 0.05) is 11.4 Å². The summed E-state index contributed by atoms with van der Waals surface area (Å²) in [5.74, 6) is -1.01. The maximum Gasteiger partial charge on any atom is 0.257 e. The van der Waals surface area contributed by atoms with Gasteiger partial charge in [0.25, 0.3) is 5.91 Å². The Hall–Kier alpha value is -3.35. The van der Waals surface area contributed by atoms with E-state index in [0.717, 1.165) is 36.9 Å². The van der Waals surface area contributed by atoms with Crippen LogP contribution >= 0.6 is 23.2 Å². The van der Waals surface area contributed by atoms with Crippen molar-refractivity contribution < 1.29 is 14.4 Å². The smallest absolute Gasteiger partial charge is 0.257 e. The van der Waals surface area contributed by atoms with Gasteiger partial charge in [0.1, 0.15) is 6.42 Å². The van der Waals surface area contributed by atoms with Crippen LogP contribution < -0.4 is 15.5 Å². The van der Waals surface area contributed by atoms with Crippen molar-refractivity contribution in [1.82, 2.24) is 0 Å². The Balaban J connectivity index is 1.46. The number of halogens is 2. The molecule has 172 valence electrons. The number of aryl methyl sites for hydroxylation is 1. The third-order valence-electron chi connectivity index (χ3n) is 6.16. The number of anilines is 4. The molecule has 0 bridgehead atoms. The van der Waals surface area contributed by atoms with E-state index < -0.39 is 5.91 Å². The molecule has 3 amide bonds. The summed E-state index contributed by atoms with van der Waals surface area (Å²) < 4.78 is 0. The summed E-state index contributed by atoms with van der Waals surface area (Å²) >= 11 is 12.2. The highest BCUT2D eigenvalue weighted by molar-refractivity contribution is 6.44. The van der Waals surface area contributed by atoms with E-state index in [-0.39, 0.29) is 28.8 Å². The first-order chi connectivity index (χ1) is 16.4. The third-order valence-corrected chi connectivity index (χ3v) is 6.98. The number of nitrogens with zero attached hydrogens (tertiary/aromatic N) is 1. The van der Waals surface area contributed by atoms with Crippen molar-refractivity contribution in [3.63, 3.8) is 0 Å². The van der Waals surface area contributed by atoms with Crippen LogP contribution in [0.1, 0.15) is 40.7 Å². The monoisotopic (exact) mass is 493 g/mol. The summed E-state index contributed by atoms with van der Waals surface area (Å²) in [6.45, 7) is 0. The predicted molar refractivity (Wildman–Crippen MR) is 134 cm³/mol. The molecule has 0 atom stereocenters. The summed E-state index contributed by atoms with van der Waals surface area (Å²) in [6.07, 6.45) is 3.78. The van der Waals surface area contributed by atoms with Crippen molar-refractivity contribution in [3.05, 3.63) is 81.3 Å². The van der Waals surface area contributed by atoms with Crippen LogP contribution in [0.3, 0.4) is 0 Å². The van der Waals surface area contributed by atoms with Crippen molar-refractivity contribution in [3.8, 4) is 0 Å². The molecule has 2 N–H and O–H groups in total. The molecule has 0 saturated heterocycles. The van der Waals surface area contributed by atoms with Crippen LogP contribution in [0.4, 0.5) is 22.7 Å². The van der Waals surface area contributed by atoms with Gasteiger partial charge in [-0.15, -0.1) is 0 Å². The zero-order valence-electron chi connectivity index (χ0n) is 18.2. The van der Waals surface area contributed by atoms with E-state index in [0.29, 0.717) is 22.1 Å². The molecule has 0 spiro atoms. The standard InChI is InChI=1S/C26H21Cl2N3O3/c27-20-7-3-6-19(24(20)28)26(34)29-16-9-11-17(12-10-16)31-21-13-8-15-4-1-2-5-18(15)25(21)30-22(32)14-23(31)33/h3,6-13H,1-2,4-5,14H2,(H,29,34)(H,30,32). The lowest BCUT2D eigenvalue weighted by atomic mass is 9.89. The topological polar surface area (TPSA) is 78.5 Å². The number of hydrogen-bond acceptors (Lipinski definition) is 3. The fourth-order valence-corrected chi connectivity index (χ4v) is 4.92. The van der Waals surface area contributed by atoms with Crippen LogP contribution in [0.2, 0.25) is 10.0 Å². The molecular formula is C26H21Cl2N3O3. The fraction of sp³-hybridized carbons (Fsp3) is 0.192. The molecule has 1 aliphatic heterocycles. The number of fused-ring (bicyclic) bond motifs is 3. The fourth-order valence-electron chi connectivity index (χ4n) is 4.53. The van der Waals surface area contributed by atoms with Crippen LogP contribution in [0.15, 0.2) is 54.6 Å². The van der Waals surface area contributed by atoms with Crippen LogP contribution in [-0.2, 0) is 22.4 Å². The molecule has 0 aromatic heterocycles. The Morgan fingerprint density at radius 3 is 2.50 bits per heavy atom. The average Bonchev–Trinajstić information content (AvgIpc) is 2.96. The Kier molecular flexibility index (Phi) is 6.02. The van der Waals surface area contributed by atoms with E-state index in [4.69, 9.17) is 23.2 Å². The molecule has 6 nitrogen and oxygen atoms in total. The van der Waals surface area contributed by atoms with Crippen LogP contribution in [-0.4, -0.2) is 17.7 Å². The normalized spacial score (nSPS) is 15.2. The largest absolute Gasteiger partial charge is 0.324 e. The molecule has 2 aliphatic rings. The Labute approximate surface area is 206 Å². The molecule has 1 heterocycles. The quantitative estimate of drug-likeness (QED) is 0.430. The molecule has 3 aromatic carbocycles. The highest BCUT2D eigenvalue weighted by atomic mass is 35.5. The van der Waals surface area contributed by atoms with Gasteiger partial charge in [-0.3, -0.25) is 19.3 Å². The van der Waals surface area contributed by atoms with Crippen molar-refractivity contribution in [2.24, 2.45) is 0 Å². The number of nitrogens with one attached hydrogen (secondary N) is 2. The summed E-state index contributed by atoms with van der Waals surface area (Å²) in [6, 6.07) is 15.7. The summed E-state index contributed by atoms with van der Waals surface area (Å²) in [5.41, 5.74) is 5.13. The molecule has 8 heteroatoms. The van der Waals surface area contributed by atoms with Gasteiger partial charge in [-0.2, -0.15) is 0 Å². The van der Waals surface area contributed by atoms with Crippen molar-refractivity contribution in [1.29, 1.82) is 0 Å². The first-order valence-electron chi connectivity index (χ1n) is 11.1. The molecule has 0 radical (unpaired) electrons. The van der Waals surface area contributed by atoms with E-state index in [9.17, 15) is 14.4 Å². The van der Waals surface area contributed by atoms with Crippen molar-refractivity contribution >= 4 is 63.7 Å². The molecule has 0 saturated carbocycles. The minimum Gasteiger partial charge on any atom is -0.324 e. The van der Waals surface area contributed by atoms with Gasteiger partial charge in [0.05, 0.1) is 27.0 Å². The predicted octanol–water partition coefficient (Wildman–Crippen LogP) is 6.13. The van der Waals surface area contributed by atoms with E-state index >= 15 is 0 Å². The van der Waals surface area contributed by atoms with E-state index in [1.807, 2.05) is 6.07 Å². The van der Waals surface area contributed by atoms with Crippen LogP contribution in [0, 0.1) is 0 Å². The Morgan fingerprint density at radius 1 is 0.941 bits per heavy atom. The number of amides is 3. The van der Waals surface area contributed by atoms with E-state index in [1.165, 1.54) is 5.56 Å². The van der Waals surface area contributed by atoms with Crippen molar-refractivity contribution in [2.75, 3.05) is 15.5 Å². The second-order valence-corrected chi connectivity index (χ2v) is 9.15. The molecule has 1 aliphatic carbocycles. The second kappa shape index (κ2) is 9.12. The average molecular weight is 494 g/mol. The number of carbonyl (C=O) groups is 3. The lowest BCUT2D eigenvalue weighted by Gasteiger charge is -2.26. The zero-order chi connectivity index (χ0) is 23.8.